The summed E-state index contributed by atoms with van der Waals surface area (Å²) in [7, 11) is 0. The van der Waals surface area contributed by atoms with Crippen molar-refractivity contribution in [2.75, 3.05) is 0 Å². The van der Waals surface area contributed by atoms with E-state index in [1.165, 1.54) is 0 Å². The molecule has 26 N–H and O–H groups in total. The van der Waals surface area contributed by atoms with Gasteiger partial charge >= 0.3 is 51.4 Å². The summed E-state index contributed by atoms with van der Waals surface area (Å²) in [6.07, 6.45) is 0. The zero-order chi connectivity index (χ0) is 3.58. The molecule has 15 nitrogen and oxygen atoms in total. The summed E-state index contributed by atoms with van der Waals surface area (Å²) >= 11 is -2.61. The number of hydrogen-bond acceptors (Lipinski definition) is 1. The summed E-state index contributed by atoms with van der Waals surface area (Å²) < 4.78 is 22.8. The quantitative estimate of drug-likeness (QED) is 0.310. The molecule has 0 aliphatic carbocycles. The van der Waals surface area contributed by atoms with Gasteiger partial charge in [0.1, 0.15) is 0 Å². The second-order valence-electron chi connectivity index (χ2n) is 0.231. The van der Waals surface area contributed by atoms with Gasteiger partial charge in [-0.25, -0.2) is 0 Å². The molecule has 0 aliphatic heterocycles. The van der Waals surface area contributed by atoms with Gasteiger partial charge in [0, 0.05) is 0 Å². The molecule has 0 atom stereocenters. The van der Waals surface area contributed by atoms with Crippen LogP contribution in [0.4, 0.5) is 0 Å². The van der Waals surface area contributed by atoms with E-state index in [4.69, 9.17) is 13.3 Å². The second kappa shape index (κ2) is 261. The molecule has 0 spiro atoms. The van der Waals surface area contributed by atoms with Gasteiger partial charge in [-0.3, -0.25) is 9.11 Å². The van der Waals surface area contributed by atoms with Gasteiger partial charge < -0.3 is 65.7 Å². The molecular weight excluding hydrogens is 338 g/mol. The first-order valence-corrected chi connectivity index (χ1v) is 1.60. The molecule has 0 heterocycles. The Morgan fingerprint density at radius 3 is 0.500 bits per heavy atom. The maximum absolute atomic E-state index is 8.67. The second-order valence-corrected chi connectivity index (χ2v) is 0.692. The molecule has 18 heteroatoms. The van der Waals surface area contributed by atoms with E-state index in [9.17, 15) is 0 Å². The van der Waals surface area contributed by atoms with E-state index in [1.807, 2.05) is 0 Å². The molecule has 0 aromatic heterocycles. The molecule has 0 amide bonds. The fraction of sp³-hybridized carbons (Fsp3) is 0. The van der Waals surface area contributed by atoms with Crippen molar-refractivity contribution in [1.82, 2.24) is 0 Å². The van der Waals surface area contributed by atoms with Crippen LogP contribution >= 0.6 is 0 Å². The first-order chi connectivity index (χ1) is 1.73. The van der Waals surface area contributed by atoms with Crippen molar-refractivity contribution in [2.45, 2.75) is 0 Å². The third-order valence-corrected chi connectivity index (χ3v) is 0. The SMILES string of the molecule is O.O.O.O.O.O.O.O.O.O.O.O.O=S(O)O.[AlH3].[KH]. The zero-order valence-corrected chi connectivity index (χ0v) is 8.53. The molecule has 0 unspecified atom stereocenters. The zero-order valence-electron chi connectivity index (χ0n) is 7.71. The van der Waals surface area contributed by atoms with Crippen molar-refractivity contribution < 1.29 is 79.0 Å². The van der Waals surface area contributed by atoms with E-state index in [2.05, 4.69) is 0 Å². The standard InChI is InChI=1S/Al.K.H2O3S.12H2O.4H/c;;1-4(2)3;;;;;;;;;;;;;;;;/h;;(H2,1,2,3);12*1H2;;;;. The Balaban J connectivity index is -0.000000000495. The molecule has 0 fully saturated rings. The van der Waals surface area contributed by atoms with Crippen molar-refractivity contribution in [3.05, 3.63) is 0 Å². The molecule has 0 aliphatic rings. The van der Waals surface area contributed by atoms with Crippen molar-refractivity contribution in [3.63, 3.8) is 0 Å². The molecule has 0 aromatic rings. The van der Waals surface area contributed by atoms with Crippen LogP contribution in [0.1, 0.15) is 0 Å². The van der Waals surface area contributed by atoms with Crippen LogP contribution in [-0.2, 0) is 11.4 Å². The van der Waals surface area contributed by atoms with Gasteiger partial charge in [0.05, 0.1) is 0 Å². The molecule has 0 bridgehead atoms. The van der Waals surface area contributed by atoms with Crippen LogP contribution in [0, 0.1) is 0 Å². The summed E-state index contributed by atoms with van der Waals surface area (Å²) in [5.74, 6) is 0. The van der Waals surface area contributed by atoms with E-state index < -0.39 is 11.4 Å². The van der Waals surface area contributed by atoms with Gasteiger partial charge in [0.2, 0.25) is 0 Å². The van der Waals surface area contributed by atoms with Crippen molar-refractivity contribution in [1.29, 1.82) is 0 Å². The summed E-state index contributed by atoms with van der Waals surface area (Å²) in [6.45, 7) is 0. The van der Waals surface area contributed by atoms with Gasteiger partial charge in [-0.15, -0.1) is 0 Å². The van der Waals surface area contributed by atoms with Gasteiger partial charge in [-0.1, -0.05) is 0 Å². The predicted molar refractivity (Wildman–Crippen MR) is 73.9 cm³/mol. The molecule has 0 aromatic carbocycles. The molecule has 0 saturated carbocycles. The third-order valence-electron chi connectivity index (χ3n) is 0. The molecule has 0 radical (unpaired) electrons. The van der Waals surface area contributed by atoms with Crippen LogP contribution in [0.3, 0.4) is 0 Å². The summed E-state index contributed by atoms with van der Waals surface area (Å²) in [5.41, 5.74) is 0. The normalized spacial score (nSPS) is 1.94. The van der Waals surface area contributed by atoms with Crippen LogP contribution < -0.4 is 0 Å². The van der Waals surface area contributed by atoms with Crippen LogP contribution in [0.25, 0.3) is 0 Å². The summed E-state index contributed by atoms with van der Waals surface area (Å²) in [6, 6.07) is 0. The molecule has 0 saturated heterocycles. The summed E-state index contributed by atoms with van der Waals surface area (Å²) in [4.78, 5) is 0. The average Bonchev–Trinajstić information content (AvgIpc) is 0.811. The van der Waals surface area contributed by atoms with Gasteiger partial charge in [-0.2, -0.15) is 4.21 Å². The average molecular weight is 368 g/mol. The minimum atomic E-state index is -2.61. The summed E-state index contributed by atoms with van der Waals surface area (Å²) in [5, 5.41) is 0. The fourth-order valence-electron chi connectivity index (χ4n) is 0. The first kappa shape index (κ1) is 307. The third kappa shape index (κ3) is 1610. The predicted octanol–water partition coefficient (Wildman–Crippen LogP) is -12.0. The molecule has 130 valence electrons. The van der Waals surface area contributed by atoms with E-state index in [0.29, 0.717) is 0 Å². The van der Waals surface area contributed by atoms with Crippen LogP contribution in [0.5, 0.6) is 0 Å². The Labute approximate surface area is 157 Å². The fourth-order valence-corrected chi connectivity index (χ4v) is 0. The van der Waals surface area contributed by atoms with Crippen molar-refractivity contribution >= 4 is 80.1 Å². The Morgan fingerprint density at radius 2 is 0.500 bits per heavy atom. The molecule has 18 heavy (non-hydrogen) atoms. The molecule has 0 rings (SSSR count). The van der Waals surface area contributed by atoms with E-state index in [0.717, 1.165) is 0 Å². The van der Waals surface area contributed by atoms with E-state index in [1.54, 1.807) is 0 Å². The van der Waals surface area contributed by atoms with Gasteiger partial charge in [0.15, 0.2) is 17.4 Å². The van der Waals surface area contributed by atoms with Crippen LogP contribution in [0.2, 0.25) is 0 Å². The Hall–Kier alpha value is 1.76. The Morgan fingerprint density at radius 1 is 0.500 bits per heavy atom. The van der Waals surface area contributed by atoms with Crippen LogP contribution in [0.15, 0.2) is 0 Å². The van der Waals surface area contributed by atoms with Gasteiger partial charge in [-0.05, 0) is 0 Å². The Kier molecular flexibility index (Phi) is 4460. The van der Waals surface area contributed by atoms with Gasteiger partial charge in [0.25, 0.3) is 11.4 Å². The van der Waals surface area contributed by atoms with E-state index >= 15 is 0 Å². The number of hydrogen-bond donors (Lipinski definition) is 2. The maximum atomic E-state index is 8.67. The Bertz CT molecular complexity index is 39.5. The van der Waals surface area contributed by atoms with E-state index in [-0.39, 0.29) is 134 Å². The first-order valence-electron chi connectivity index (χ1n) is 0.532. The minimum absolute atomic E-state index is 0. The number of rotatable bonds is 0. The topological polar surface area (TPSA) is 436 Å². The van der Waals surface area contributed by atoms with Crippen molar-refractivity contribution in [2.24, 2.45) is 0 Å². The van der Waals surface area contributed by atoms with Crippen molar-refractivity contribution in [3.8, 4) is 0 Å². The monoisotopic (exact) mass is 368 g/mol. The van der Waals surface area contributed by atoms with Crippen LogP contribution in [-0.4, -0.2) is 148 Å². The molecular formula is H30AlKO15S.